The van der Waals surface area contributed by atoms with Gasteiger partial charge in [-0.2, -0.15) is 5.26 Å². The van der Waals surface area contributed by atoms with Crippen LogP contribution in [0.4, 0.5) is 0 Å². The molecule has 1 aromatic rings. The van der Waals surface area contributed by atoms with Crippen LogP contribution in [0.1, 0.15) is 12.0 Å². The number of halogens is 1. The van der Waals surface area contributed by atoms with Crippen LogP contribution in [-0.4, -0.2) is 30.0 Å². The largest absolute Gasteiger partial charge is 0.377 e. The van der Waals surface area contributed by atoms with Crippen LogP contribution < -0.4 is 5.56 Å². The summed E-state index contributed by atoms with van der Waals surface area (Å²) in [4.78, 5) is 11.9. The Labute approximate surface area is 119 Å². The van der Waals surface area contributed by atoms with E-state index in [2.05, 4.69) is 22.0 Å². The van der Waals surface area contributed by atoms with E-state index in [1.165, 1.54) is 0 Å². The highest BCUT2D eigenvalue weighted by molar-refractivity contribution is 9.10. The van der Waals surface area contributed by atoms with Gasteiger partial charge in [-0.05, 0) is 28.9 Å². The molecule has 0 aromatic carbocycles. The fourth-order valence-corrected chi connectivity index (χ4v) is 2.62. The molecule has 0 N–H and O–H groups in total. The summed E-state index contributed by atoms with van der Waals surface area (Å²) in [5, 5.41) is 9.13. The third-order valence-electron chi connectivity index (χ3n) is 3.13. The zero-order valence-corrected chi connectivity index (χ0v) is 12.3. The Hall–Kier alpha value is -1.16. The molecule has 1 aliphatic heterocycles. The number of rotatable bonds is 4. The van der Waals surface area contributed by atoms with Crippen molar-refractivity contribution in [1.82, 2.24) is 4.57 Å². The SMILES string of the molecule is Cc1cc(Br)cn(CCOC2(C#N)CCOC2)c1=O. The van der Waals surface area contributed by atoms with Gasteiger partial charge in [0, 0.05) is 29.2 Å². The molecule has 1 fully saturated rings. The van der Waals surface area contributed by atoms with Gasteiger partial charge < -0.3 is 14.0 Å². The monoisotopic (exact) mass is 326 g/mol. The van der Waals surface area contributed by atoms with Gasteiger partial charge in [0.2, 0.25) is 0 Å². The van der Waals surface area contributed by atoms with Crippen molar-refractivity contribution in [3.63, 3.8) is 0 Å². The summed E-state index contributed by atoms with van der Waals surface area (Å²) >= 11 is 3.36. The van der Waals surface area contributed by atoms with E-state index in [0.29, 0.717) is 38.3 Å². The van der Waals surface area contributed by atoms with Crippen LogP contribution in [0.15, 0.2) is 21.5 Å². The molecule has 0 aliphatic carbocycles. The molecule has 5 nitrogen and oxygen atoms in total. The predicted molar refractivity (Wildman–Crippen MR) is 72.9 cm³/mol. The Morgan fingerprint density at radius 3 is 3.11 bits per heavy atom. The van der Waals surface area contributed by atoms with Crippen molar-refractivity contribution in [2.24, 2.45) is 0 Å². The molecule has 0 bridgehead atoms. The molecule has 0 saturated carbocycles. The highest BCUT2D eigenvalue weighted by atomic mass is 79.9. The van der Waals surface area contributed by atoms with Crippen LogP contribution >= 0.6 is 15.9 Å². The van der Waals surface area contributed by atoms with E-state index >= 15 is 0 Å². The topological polar surface area (TPSA) is 64.2 Å². The Bertz CT molecular complexity index is 556. The van der Waals surface area contributed by atoms with E-state index in [1.807, 2.05) is 0 Å². The Kier molecular flexibility index (Phi) is 4.40. The fraction of sp³-hybridized carbons (Fsp3) is 0.538. The minimum absolute atomic E-state index is 0.0412. The Morgan fingerprint density at radius 1 is 1.68 bits per heavy atom. The third kappa shape index (κ3) is 3.24. The summed E-state index contributed by atoms with van der Waals surface area (Å²) in [6.45, 7) is 3.35. The lowest BCUT2D eigenvalue weighted by Crippen LogP contribution is -2.33. The molecule has 6 heteroatoms. The van der Waals surface area contributed by atoms with Crippen LogP contribution in [-0.2, 0) is 16.0 Å². The first kappa shape index (κ1) is 14.3. The normalized spacial score (nSPS) is 22.4. The Balaban J connectivity index is 2.00. The van der Waals surface area contributed by atoms with Gasteiger partial charge >= 0.3 is 0 Å². The lowest BCUT2D eigenvalue weighted by Gasteiger charge is -2.19. The van der Waals surface area contributed by atoms with Gasteiger partial charge in [-0.3, -0.25) is 4.79 Å². The molecule has 2 heterocycles. The molecule has 1 aliphatic rings. The molecular weight excluding hydrogens is 312 g/mol. The number of hydrogen-bond acceptors (Lipinski definition) is 4. The van der Waals surface area contributed by atoms with Gasteiger partial charge in [0.1, 0.15) is 6.07 Å². The molecule has 1 atom stereocenters. The number of hydrogen-bond donors (Lipinski definition) is 0. The first-order valence-corrected chi connectivity index (χ1v) is 6.85. The van der Waals surface area contributed by atoms with Crippen molar-refractivity contribution in [2.75, 3.05) is 19.8 Å². The van der Waals surface area contributed by atoms with Gasteiger partial charge in [-0.15, -0.1) is 0 Å². The first-order valence-electron chi connectivity index (χ1n) is 6.06. The van der Waals surface area contributed by atoms with E-state index < -0.39 is 5.60 Å². The summed E-state index contributed by atoms with van der Waals surface area (Å²) in [6.07, 6.45) is 2.30. The van der Waals surface area contributed by atoms with Crippen molar-refractivity contribution in [1.29, 1.82) is 5.26 Å². The molecule has 19 heavy (non-hydrogen) atoms. The van der Waals surface area contributed by atoms with Crippen molar-refractivity contribution < 1.29 is 9.47 Å². The van der Waals surface area contributed by atoms with E-state index in [9.17, 15) is 4.79 Å². The van der Waals surface area contributed by atoms with Crippen LogP contribution in [0.25, 0.3) is 0 Å². The molecular formula is C13H15BrN2O3. The maximum Gasteiger partial charge on any atom is 0.253 e. The highest BCUT2D eigenvalue weighted by Gasteiger charge is 2.36. The quantitative estimate of drug-likeness (QED) is 0.843. The first-order chi connectivity index (χ1) is 9.06. The number of aryl methyl sites for hydroxylation is 1. The van der Waals surface area contributed by atoms with Crippen LogP contribution in [0.2, 0.25) is 0 Å². The maximum atomic E-state index is 11.9. The van der Waals surface area contributed by atoms with Gasteiger partial charge in [0.25, 0.3) is 5.56 Å². The van der Waals surface area contributed by atoms with Crippen molar-refractivity contribution in [3.05, 3.63) is 32.7 Å². The van der Waals surface area contributed by atoms with Crippen molar-refractivity contribution in [3.8, 4) is 6.07 Å². The second-order valence-corrected chi connectivity index (χ2v) is 5.51. The maximum absolute atomic E-state index is 11.9. The molecule has 0 radical (unpaired) electrons. The zero-order chi connectivity index (χ0) is 13.9. The lowest BCUT2D eigenvalue weighted by atomic mass is 10.1. The Morgan fingerprint density at radius 2 is 2.47 bits per heavy atom. The third-order valence-corrected chi connectivity index (χ3v) is 3.57. The van der Waals surface area contributed by atoms with Gasteiger partial charge in [0.15, 0.2) is 5.60 Å². The van der Waals surface area contributed by atoms with E-state index in [0.717, 1.165) is 4.47 Å². The average Bonchev–Trinajstić information content (AvgIpc) is 2.84. The molecule has 0 amide bonds. The highest BCUT2D eigenvalue weighted by Crippen LogP contribution is 2.22. The number of ether oxygens (including phenoxy) is 2. The predicted octanol–water partition coefficient (Wildman–Crippen LogP) is 1.62. The molecule has 1 unspecified atom stereocenters. The van der Waals surface area contributed by atoms with Crippen molar-refractivity contribution >= 4 is 15.9 Å². The summed E-state index contributed by atoms with van der Waals surface area (Å²) in [7, 11) is 0. The minimum Gasteiger partial charge on any atom is -0.377 e. The van der Waals surface area contributed by atoms with Crippen LogP contribution in [0.5, 0.6) is 0 Å². The standard InChI is InChI=1S/C13H15BrN2O3/c1-10-6-11(14)7-16(12(10)17)3-5-19-13(8-15)2-4-18-9-13/h6-7H,2-5,9H2,1H3. The number of nitrogens with zero attached hydrogens (tertiary/aromatic N) is 2. The number of aromatic nitrogens is 1. The van der Waals surface area contributed by atoms with E-state index in [1.54, 1.807) is 23.8 Å². The molecule has 2 rings (SSSR count). The molecule has 102 valence electrons. The number of pyridine rings is 1. The summed E-state index contributed by atoms with van der Waals surface area (Å²) in [5.41, 5.74) is -0.209. The number of nitriles is 1. The lowest BCUT2D eigenvalue weighted by molar-refractivity contribution is -0.0124. The minimum atomic E-state index is -0.843. The van der Waals surface area contributed by atoms with Gasteiger partial charge in [-0.1, -0.05) is 0 Å². The molecule has 1 saturated heterocycles. The second kappa shape index (κ2) is 5.87. The summed E-state index contributed by atoms with van der Waals surface area (Å²) < 4.78 is 13.2. The van der Waals surface area contributed by atoms with Crippen LogP contribution in [0, 0.1) is 18.3 Å². The van der Waals surface area contributed by atoms with E-state index in [4.69, 9.17) is 14.7 Å². The zero-order valence-electron chi connectivity index (χ0n) is 10.7. The summed E-state index contributed by atoms with van der Waals surface area (Å²) in [6, 6.07) is 3.94. The fourth-order valence-electron chi connectivity index (χ4n) is 2.03. The van der Waals surface area contributed by atoms with Crippen molar-refractivity contribution in [2.45, 2.75) is 25.5 Å². The summed E-state index contributed by atoms with van der Waals surface area (Å²) in [5.74, 6) is 0. The van der Waals surface area contributed by atoms with Gasteiger partial charge in [-0.25, -0.2) is 0 Å². The average molecular weight is 327 g/mol. The smallest absolute Gasteiger partial charge is 0.253 e. The second-order valence-electron chi connectivity index (χ2n) is 4.60. The van der Waals surface area contributed by atoms with Gasteiger partial charge in [0.05, 0.1) is 19.8 Å². The molecule has 1 aromatic heterocycles. The molecule has 0 spiro atoms. The van der Waals surface area contributed by atoms with Crippen LogP contribution in [0.3, 0.4) is 0 Å². The van der Waals surface area contributed by atoms with E-state index in [-0.39, 0.29) is 5.56 Å².